The Kier molecular flexibility index (Phi) is 4.49. The zero-order valence-electron chi connectivity index (χ0n) is 10.6. The van der Waals surface area contributed by atoms with Crippen molar-refractivity contribution in [2.24, 2.45) is 5.92 Å². The molecule has 7 heteroatoms. The Morgan fingerprint density at radius 2 is 2.16 bits per heavy atom. The molecule has 1 atom stereocenters. The zero-order valence-corrected chi connectivity index (χ0v) is 11.4. The Hall–Kier alpha value is -1.05. The van der Waals surface area contributed by atoms with E-state index in [4.69, 9.17) is 8.92 Å². The van der Waals surface area contributed by atoms with Crippen LogP contribution in [0.1, 0.15) is 24.5 Å². The van der Waals surface area contributed by atoms with Gasteiger partial charge in [-0.25, -0.2) is 4.39 Å². The first kappa shape index (κ1) is 14.4. The van der Waals surface area contributed by atoms with Gasteiger partial charge >= 0.3 is 0 Å². The number of rotatable bonds is 4. The largest absolute Gasteiger partial charge is 0.381 e. The Morgan fingerprint density at radius 1 is 1.47 bits per heavy atom. The lowest BCUT2D eigenvalue weighted by molar-refractivity contribution is 0.0185. The highest BCUT2D eigenvalue weighted by molar-refractivity contribution is 7.86. The van der Waals surface area contributed by atoms with Crippen molar-refractivity contribution in [1.29, 1.82) is 0 Å². The number of halogens is 1. The standard InChI is InChI=1S/C12H16FNO4S/c1-19(15,16)18-12(9-3-6-17-7-4-9)10-2-5-14-8-11(10)13/h2,5,8-9,12H,3-4,6-7H2,1H3. The van der Waals surface area contributed by atoms with Gasteiger partial charge < -0.3 is 4.74 Å². The Morgan fingerprint density at radius 3 is 2.74 bits per heavy atom. The van der Waals surface area contributed by atoms with Gasteiger partial charge in [0.15, 0.2) is 0 Å². The SMILES string of the molecule is CS(=O)(=O)OC(c1ccncc1F)C1CCOCC1. The zero-order chi connectivity index (χ0) is 13.9. The summed E-state index contributed by atoms with van der Waals surface area (Å²) in [5.74, 6) is -0.636. The first-order valence-corrected chi connectivity index (χ1v) is 7.84. The maximum atomic E-state index is 13.8. The molecule has 1 saturated heterocycles. The smallest absolute Gasteiger partial charge is 0.264 e. The van der Waals surface area contributed by atoms with E-state index in [1.165, 1.54) is 12.3 Å². The summed E-state index contributed by atoms with van der Waals surface area (Å²) >= 11 is 0. The summed E-state index contributed by atoms with van der Waals surface area (Å²) in [6, 6.07) is 1.46. The molecule has 1 aliphatic rings. The second kappa shape index (κ2) is 5.94. The van der Waals surface area contributed by atoms with Gasteiger partial charge in [-0.1, -0.05) is 0 Å². The number of ether oxygens (including phenoxy) is 1. The predicted molar refractivity (Wildman–Crippen MR) is 66.4 cm³/mol. The highest BCUT2D eigenvalue weighted by Crippen LogP contribution is 2.35. The van der Waals surface area contributed by atoms with Crippen LogP contribution in [0, 0.1) is 11.7 Å². The quantitative estimate of drug-likeness (QED) is 0.789. The summed E-state index contributed by atoms with van der Waals surface area (Å²) in [7, 11) is -3.67. The van der Waals surface area contributed by atoms with Crippen LogP contribution in [-0.4, -0.2) is 32.9 Å². The van der Waals surface area contributed by atoms with Crippen molar-refractivity contribution >= 4 is 10.1 Å². The number of hydrogen-bond donors (Lipinski definition) is 0. The maximum absolute atomic E-state index is 13.8. The fourth-order valence-corrected chi connectivity index (χ4v) is 2.85. The summed E-state index contributed by atoms with van der Waals surface area (Å²) in [5, 5.41) is 0. The van der Waals surface area contributed by atoms with Gasteiger partial charge in [0.25, 0.3) is 10.1 Å². The van der Waals surface area contributed by atoms with Crippen molar-refractivity contribution in [3.8, 4) is 0 Å². The molecular weight excluding hydrogens is 273 g/mol. The van der Waals surface area contributed by atoms with Gasteiger partial charge in [0, 0.05) is 25.0 Å². The first-order valence-electron chi connectivity index (χ1n) is 6.03. The minimum Gasteiger partial charge on any atom is -0.381 e. The summed E-state index contributed by atoms with van der Waals surface area (Å²) in [6.07, 6.45) is 3.92. The number of hydrogen-bond acceptors (Lipinski definition) is 5. The lowest BCUT2D eigenvalue weighted by Gasteiger charge is -2.29. The van der Waals surface area contributed by atoms with E-state index in [0.717, 1.165) is 12.5 Å². The van der Waals surface area contributed by atoms with Crippen LogP contribution in [0.3, 0.4) is 0 Å². The summed E-state index contributed by atoms with van der Waals surface area (Å²) in [5.41, 5.74) is 0.229. The Labute approximate surface area is 111 Å². The normalized spacial score (nSPS) is 19.3. The first-order chi connectivity index (χ1) is 8.97. The van der Waals surface area contributed by atoms with Crippen LogP contribution in [-0.2, 0) is 19.0 Å². The topological polar surface area (TPSA) is 65.5 Å². The van der Waals surface area contributed by atoms with Gasteiger partial charge in [-0.3, -0.25) is 9.17 Å². The summed E-state index contributed by atoms with van der Waals surface area (Å²) < 4.78 is 46.9. The van der Waals surface area contributed by atoms with Crippen LogP contribution in [0.4, 0.5) is 4.39 Å². The molecule has 1 fully saturated rings. The third-order valence-corrected chi connectivity index (χ3v) is 3.64. The second-order valence-corrected chi connectivity index (χ2v) is 6.17. The minimum atomic E-state index is -3.67. The number of aromatic nitrogens is 1. The Balaban J connectivity index is 2.30. The van der Waals surface area contributed by atoms with Gasteiger partial charge in [-0.15, -0.1) is 0 Å². The highest BCUT2D eigenvalue weighted by atomic mass is 32.2. The van der Waals surface area contributed by atoms with E-state index in [1.807, 2.05) is 0 Å². The fourth-order valence-electron chi connectivity index (χ4n) is 2.21. The summed E-state index contributed by atoms with van der Waals surface area (Å²) in [4.78, 5) is 3.66. The van der Waals surface area contributed by atoms with Crippen LogP contribution in [0.5, 0.6) is 0 Å². The minimum absolute atomic E-state index is 0.0830. The lowest BCUT2D eigenvalue weighted by Crippen LogP contribution is -2.26. The van der Waals surface area contributed by atoms with Crippen LogP contribution in [0.2, 0.25) is 0 Å². The van der Waals surface area contributed by atoms with Gasteiger partial charge in [0.05, 0.1) is 12.5 Å². The van der Waals surface area contributed by atoms with Gasteiger partial charge in [-0.05, 0) is 24.8 Å². The van der Waals surface area contributed by atoms with Crippen LogP contribution >= 0.6 is 0 Å². The molecule has 0 aliphatic carbocycles. The fraction of sp³-hybridized carbons (Fsp3) is 0.583. The molecule has 0 aromatic carbocycles. The molecule has 0 spiro atoms. The molecule has 1 unspecified atom stereocenters. The molecule has 19 heavy (non-hydrogen) atoms. The van der Waals surface area contributed by atoms with Gasteiger partial charge in [0.1, 0.15) is 11.9 Å². The molecule has 1 aromatic rings. The van der Waals surface area contributed by atoms with E-state index >= 15 is 0 Å². The molecule has 1 aromatic heterocycles. The third kappa shape index (κ3) is 3.95. The van der Waals surface area contributed by atoms with E-state index < -0.39 is 22.0 Å². The average molecular weight is 289 g/mol. The molecule has 0 N–H and O–H groups in total. The predicted octanol–water partition coefficient (Wildman–Crippen LogP) is 1.66. The molecule has 5 nitrogen and oxygen atoms in total. The van der Waals surface area contributed by atoms with Crippen molar-refractivity contribution in [3.05, 3.63) is 29.8 Å². The van der Waals surface area contributed by atoms with E-state index in [0.29, 0.717) is 26.1 Å². The Bertz CT molecular complexity index is 528. The number of nitrogens with zero attached hydrogens (tertiary/aromatic N) is 1. The maximum Gasteiger partial charge on any atom is 0.264 e. The van der Waals surface area contributed by atoms with E-state index in [9.17, 15) is 12.8 Å². The van der Waals surface area contributed by atoms with Crippen molar-refractivity contribution in [2.45, 2.75) is 18.9 Å². The average Bonchev–Trinajstić information content (AvgIpc) is 2.37. The van der Waals surface area contributed by atoms with Crippen molar-refractivity contribution in [3.63, 3.8) is 0 Å². The highest BCUT2D eigenvalue weighted by Gasteiger charge is 2.31. The number of pyridine rings is 1. The van der Waals surface area contributed by atoms with E-state index in [2.05, 4.69) is 4.98 Å². The van der Waals surface area contributed by atoms with E-state index in [1.54, 1.807) is 0 Å². The second-order valence-electron chi connectivity index (χ2n) is 4.57. The lowest BCUT2D eigenvalue weighted by atomic mass is 9.89. The molecule has 2 rings (SSSR count). The van der Waals surface area contributed by atoms with Crippen LogP contribution < -0.4 is 0 Å². The van der Waals surface area contributed by atoms with E-state index in [-0.39, 0.29) is 11.5 Å². The molecule has 2 heterocycles. The summed E-state index contributed by atoms with van der Waals surface area (Å²) in [6.45, 7) is 1.06. The van der Waals surface area contributed by atoms with Crippen molar-refractivity contribution < 1.29 is 21.7 Å². The molecule has 0 amide bonds. The van der Waals surface area contributed by atoms with Gasteiger partial charge in [-0.2, -0.15) is 8.42 Å². The molecule has 106 valence electrons. The van der Waals surface area contributed by atoms with Crippen LogP contribution in [0.25, 0.3) is 0 Å². The third-order valence-electron chi connectivity index (χ3n) is 3.08. The molecule has 0 radical (unpaired) electrons. The monoisotopic (exact) mass is 289 g/mol. The molecule has 0 bridgehead atoms. The van der Waals surface area contributed by atoms with Crippen molar-refractivity contribution in [2.75, 3.05) is 19.5 Å². The van der Waals surface area contributed by atoms with Crippen LogP contribution in [0.15, 0.2) is 18.5 Å². The van der Waals surface area contributed by atoms with Crippen molar-refractivity contribution in [1.82, 2.24) is 4.98 Å². The molecule has 1 aliphatic heterocycles. The molecule has 0 saturated carbocycles. The van der Waals surface area contributed by atoms with Gasteiger partial charge in [0.2, 0.25) is 0 Å². The molecular formula is C12H16FNO4S.